The average Bonchev–Trinajstić information content (AvgIpc) is 2.52. The van der Waals surface area contributed by atoms with Gasteiger partial charge in [0.25, 0.3) is 10.2 Å². The van der Waals surface area contributed by atoms with Crippen LogP contribution >= 0.6 is 0 Å². The molecular weight excluding hydrogens is 298 g/mol. The molecule has 0 aromatic heterocycles. The Bertz CT molecular complexity index is 731. The molecule has 3 N–H and O–H groups in total. The van der Waals surface area contributed by atoms with Crippen LogP contribution in [0.1, 0.15) is 24.9 Å². The number of nitrogens with two attached hydrogens (primary N) is 1. The number of nitrogens with zero attached hydrogens (tertiary/aromatic N) is 1. The maximum Gasteiger partial charge on any atom is 0.279 e. The van der Waals surface area contributed by atoms with Gasteiger partial charge in [0, 0.05) is 20.1 Å². The molecule has 2 rings (SSSR count). The second-order valence-corrected chi connectivity index (χ2v) is 7.15. The van der Waals surface area contributed by atoms with E-state index >= 15 is 0 Å². The Balaban J connectivity index is 2.26. The van der Waals surface area contributed by atoms with Gasteiger partial charge >= 0.3 is 0 Å². The molecule has 5 nitrogen and oxygen atoms in total. The van der Waals surface area contributed by atoms with Gasteiger partial charge in [-0.3, -0.25) is 0 Å². The molecule has 1 atom stereocenters. The van der Waals surface area contributed by atoms with Crippen LogP contribution in [0.25, 0.3) is 10.8 Å². The van der Waals surface area contributed by atoms with Gasteiger partial charge in [-0.05, 0) is 28.8 Å². The molecule has 0 spiro atoms. The standard InChI is InChI=1S/C16H23N3O2S/c1-3-10-19(2)22(20,21)18-16(12-17)15-9-8-13-6-4-5-7-14(13)11-15/h4-9,11,16,18H,3,10,12,17H2,1-2H3. The molecule has 0 heterocycles. The highest BCUT2D eigenvalue weighted by molar-refractivity contribution is 7.87. The fourth-order valence-electron chi connectivity index (χ4n) is 2.38. The van der Waals surface area contributed by atoms with E-state index in [0.717, 1.165) is 22.8 Å². The summed E-state index contributed by atoms with van der Waals surface area (Å²) >= 11 is 0. The molecule has 0 saturated carbocycles. The molecule has 0 aliphatic carbocycles. The predicted octanol–water partition coefficient (Wildman–Crippen LogP) is 2.02. The van der Waals surface area contributed by atoms with Gasteiger partial charge in [0.2, 0.25) is 0 Å². The molecule has 2 aromatic rings. The van der Waals surface area contributed by atoms with Crippen molar-refractivity contribution in [3.63, 3.8) is 0 Å². The highest BCUT2D eigenvalue weighted by Gasteiger charge is 2.22. The molecule has 0 saturated heterocycles. The maximum absolute atomic E-state index is 12.3. The van der Waals surface area contributed by atoms with Gasteiger partial charge < -0.3 is 5.73 Å². The summed E-state index contributed by atoms with van der Waals surface area (Å²) in [5.74, 6) is 0. The molecule has 0 fully saturated rings. The molecular formula is C16H23N3O2S. The lowest BCUT2D eigenvalue weighted by Gasteiger charge is -2.22. The van der Waals surface area contributed by atoms with Crippen LogP contribution in [0.4, 0.5) is 0 Å². The summed E-state index contributed by atoms with van der Waals surface area (Å²) in [5.41, 5.74) is 6.65. The molecule has 6 heteroatoms. The van der Waals surface area contributed by atoms with Crippen molar-refractivity contribution in [2.75, 3.05) is 20.1 Å². The minimum Gasteiger partial charge on any atom is -0.329 e. The van der Waals surface area contributed by atoms with E-state index in [1.807, 2.05) is 49.4 Å². The first-order chi connectivity index (χ1) is 10.5. The molecule has 22 heavy (non-hydrogen) atoms. The van der Waals surface area contributed by atoms with E-state index < -0.39 is 16.3 Å². The highest BCUT2D eigenvalue weighted by Crippen LogP contribution is 2.20. The summed E-state index contributed by atoms with van der Waals surface area (Å²) in [4.78, 5) is 0. The smallest absolute Gasteiger partial charge is 0.279 e. The van der Waals surface area contributed by atoms with E-state index in [0.29, 0.717) is 6.54 Å². The van der Waals surface area contributed by atoms with Crippen LogP contribution in [0, 0.1) is 0 Å². The molecule has 1 unspecified atom stereocenters. The number of rotatable bonds is 7. The van der Waals surface area contributed by atoms with Crippen molar-refractivity contribution in [1.82, 2.24) is 9.03 Å². The lowest BCUT2D eigenvalue weighted by molar-refractivity contribution is 0.447. The zero-order valence-electron chi connectivity index (χ0n) is 13.0. The second-order valence-electron chi connectivity index (χ2n) is 5.34. The van der Waals surface area contributed by atoms with Crippen molar-refractivity contribution in [3.8, 4) is 0 Å². The summed E-state index contributed by atoms with van der Waals surface area (Å²) in [6.45, 7) is 2.62. The van der Waals surface area contributed by atoms with Crippen molar-refractivity contribution < 1.29 is 8.42 Å². The summed E-state index contributed by atoms with van der Waals surface area (Å²) in [7, 11) is -1.96. The Morgan fingerprint density at radius 1 is 1.18 bits per heavy atom. The third-order valence-electron chi connectivity index (χ3n) is 3.65. The van der Waals surface area contributed by atoms with Gasteiger partial charge in [-0.2, -0.15) is 17.4 Å². The van der Waals surface area contributed by atoms with Gasteiger partial charge in [0.1, 0.15) is 0 Å². The van der Waals surface area contributed by atoms with E-state index in [1.165, 1.54) is 4.31 Å². The fourth-order valence-corrected chi connectivity index (χ4v) is 3.58. The lowest BCUT2D eigenvalue weighted by Crippen LogP contribution is -2.42. The Morgan fingerprint density at radius 3 is 2.50 bits per heavy atom. The van der Waals surface area contributed by atoms with Crippen LogP contribution in [-0.4, -0.2) is 32.9 Å². The number of hydrogen-bond acceptors (Lipinski definition) is 3. The Hall–Kier alpha value is -1.47. The zero-order valence-corrected chi connectivity index (χ0v) is 13.8. The van der Waals surface area contributed by atoms with Crippen LogP contribution in [-0.2, 0) is 10.2 Å². The SMILES string of the molecule is CCCN(C)S(=O)(=O)NC(CN)c1ccc2ccccc2c1. The third-order valence-corrected chi connectivity index (χ3v) is 5.24. The largest absolute Gasteiger partial charge is 0.329 e. The topological polar surface area (TPSA) is 75.4 Å². The van der Waals surface area contributed by atoms with Crippen molar-refractivity contribution in [2.24, 2.45) is 5.73 Å². The van der Waals surface area contributed by atoms with Crippen LogP contribution in [0.3, 0.4) is 0 Å². The van der Waals surface area contributed by atoms with Crippen molar-refractivity contribution in [3.05, 3.63) is 48.0 Å². The summed E-state index contributed by atoms with van der Waals surface area (Å²) in [5, 5.41) is 2.19. The van der Waals surface area contributed by atoms with Crippen molar-refractivity contribution >= 4 is 21.0 Å². The van der Waals surface area contributed by atoms with Gasteiger partial charge in [-0.15, -0.1) is 0 Å². The molecule has 120 valence electrons. The Labute approximate surface area is 132 Å². The van der Waals surface area contributed by atoms with Crippen LogP contribution in [0.15, 0.2) is 42.5 Å². The molecule has 0 aliphatic rings. The normalized spacial score (nSPS) is 13.6. The van der Waals surface area contributed by atoms with Gasteiger partial charge in [-0.25, -0.2) is 0 Å². The molecule has 0 amide bonds. The Kier molecular flexibility index (Phi) is 5.52. The van der Waals surface area contributed by atoms with E-state index in [-0.39, 0.29) is 6.54 Å². The first-order valence-corrected chi connectivity index (χ1v) is 8.84. The number of nitrogens with one attached hydrogen (secondary N) is 1. The predicted molar refractivity (Wildman–Crippen MR) is 90.7 cm³/mol. The fraction of sp³-hybridized carbons (Fsp3) is 0.375. The first kappa shape index (κ1) is 16.9. The number of hydrogen-bond donors (Lipinski definition) is 2. The average molecular weight is 321 g/mol. The van der Waals surface area contributed by atoms with Gasteiger partial charge in [0.05, 0.1) is 6.04 Å². The minimum absolute atomic E-state index is 0.206. The number of fused-ring (bicyclic) bond motifs is 1. The van der Waals surface area contributed by atoms with Crippen LogP contribution in [0.5, 0.6) is 0 Å². The van der Waals surface area contributed by atoms with Gasteiger partial charge in [0.15, 0.2) is 0 Å². The van der Waals surface area contributed by atoms with Crippen molar-refractivity contribution in [1.29, 1.82) is 0 Å². The van der Waals surface area contributed by atoms with E-state index in [2.05, 4.69) is 4.72 Å². The zero-order chi connectivity index (χ0) is 16.2. The molecule has 0 aliphatic heterocycles. The quantitative estimate of drug-likeness (QED) is 0.819. The minimum atomic E-state index is -3.53. The van der Waals surface area contributed by atoms with E-state index in [1.54, 1.807) is 7.05 Å². The molecule has 0 radical (unpaired) electrons. The lowest BCUT2D eigenvalue weighted by atomic mass is 10.0. The monoisotopic (exact) mass is 321 g/mol. The van der Waals surface area contributed by atoms with Crippen LogP contribution in [0.2, 0.25) is 0 Å². The molecule has 2 aromatic carbocycles. The van der Waals surface area contributed by atoms with Crippen LogP contribution < -0.4 is 10.5 Å². The molecule has 0 bridgehead atoms. The van der Waals surface area contributed by atoms with E-state index in [9.17, 15) is 8.42 Å². The second kappa shape index (κ2) is 7.19. The summed E-state index contributed by atoms with van der Waals surface area (Å²) in [6, 6.07) is 13.4. The van der Waals surface area contributed by atoms with Crippen molar-refractivity contribution in [2.45, 2.75) is 19.4 Å². The first-order valence-electron chi connectivity index (χ1n) is 7.40. The Morgan fingerprint density at radius 2 is 1.86 bits per heavy atom. The maximum atomic E-state index is 12.3. The third kappa shape index (κ3) is 3.84. The van der Waals surface area contributed by atoms with E-state index in [4.69, 9.17) is 5.73 Å². The summed E-state index contributed by atoms with van der Waals surface area (Å²) < 4.78 is 28.6. The van der Waals surface area contributed by atoms with Gasteiger partial charge in [-0.1, -0.05) is 43.3 Å². The highest BCUT2D eigenvalue weighted by atomic mass is 32.2. The summed E-state index contributed by atoms with van der Waals surface area (Å²) in [6.07, 6.45) is 0.765. The number of benzene rings is 2.